The van der Waals surface area contributed by atoms with Crippen LogP contribution in [-0.4, -0.2) is 34.3 Å². The molecule has 2 heterocycles. The summed E-state index contributed by atoms with van der Waals surface area (Å²) in [5.74, 6) is 0.661. The van der Waals surface area contributed by atoms with E-state index in [1.54, 1.807) is 11.3 Å². The Bertz CT molecular complexity index is 679. The Hall–Kier alpha value is -1.28. The molecule has 0 saturated heterocycles. The van der Waals surface area contributed by atoms with Crippen LogP contribution in [0.5, 0.6) is 0 Å². The van der Waals surface area contributed by atoms with Crippen LogP contribution in [0.2, 0.25) is 0 Å². The molecular formula is C19H32N6S. The van der Waals surface area contributed by atoms with E-state index in [0.717, 1.165) is 44.5 Å². The lowest BCUT2D eigenvalue weighted by Crippen LogP contribution is -2.29. The van der Waals surface area contributed by atoms with Crippen LogP contribution in [0.15, 0.2) is 5.51 Å². The van der Waals surface area contributed by atoms with Crippen molar-refractivity contribution in [3.63, 3.8) is 0 Å². The number of nitrogens with two attached hydrogens (primary N) is 2. The first-order valence-corrected chi connectivity index (χ1v) is 10.7. The number of nitrogens with one attached hydrogen (secondary N) is 2. The molecule has 2 aromatic heterocycles. The summed E-state index contributed by atoms with van der Waals surface area (Å²) in [6.07, 6.45) is 7.73. The molecule has 0 bridgehead atoms. The maximum Gasteiger partial charge on any atom is 0.0797 e. The first kappa shape index (κ1) is 19.5. The first-order valence-electron chi connectivity index (χ1n) is 9.77. The fourth-order valence-electron chi connectivity index (χ4n) is 3.97. The number of hydrogen-bond acceptors (Lipinski definition) is 6. The second-order valence-electron chi connectivity index (χ2n) is 7.45. The van der Waals surface area contributed by atoms with Gasteiger partial charge in [-0.15, -0.1) is 11.3 Å². The van der Waals surface area contributed by atoms with Gasteiger partial charge in [-0.25, -0.2) is 4.98 Å². The lowest BCUT2D eigenvalue weighted by molar-refractivity contribution is 0.318. The minimum absolute atomic E-state index is 0.363. The highest BCUT2D eigenvalue weighted by Crippen LogP contribution is 2.27. The van der Waals surface area contributed by atoms with E-state index >= 15 is 0 Å². The summed E-state index contributed by atoms with van der Waals surface area (Å²) in [5.41, 5.74) is 18.8. The van der Waals surface area contributed by atoms with Crippen LogP contribution in [0.1, 0.15) is 53.2 Å². The molecule has 3 rings (SSSR count). The average molecular weight is 377 g/mol. The Balaban J connectivity index is 1.55. The van der Waals surface area contributed by atoms with Crippen molar-refractivity contribution in [1.82, 2.24) is 20.5 Å². The van der Waals surface area contributed by atoms with Crippen LogP contribution in [0.4, 0.5) is 0 Å². The highest BCUT2D eigenvalue weighted by Gasteiger charge is 2.22. The number of thiazole rings is 1. The van der Waals surface area contributed by atoms with Crippen molar-refractivity contribution in [2.75, 3.05) is 13.1 Å². The zero-order chi connectivity index (χ0) is 18.4. The van der Waals surface area contributed by atoms with Gasteiger partial charge in [-0.1, -0.05) is 6.42 Å². The highest BCUT2D eigenvalue weighted by atomic mass is 32.1. The SMILES string of the molecule is Cc1ncsc1CCNCc1[nH]nc(CC2CCCC(N)C2)c1CCN. The van der Waals surface area contributed by atoms with Gasteiger partial charge in [0.1, 0.15) is 0 Å². The van der Waals surface area contributed by atoms with Crippen molar-refractivity contribution in [1.29, 1.82) is 0 Å². The van der Waals surface area contributed by atoms with Gasteiger partial charge in [-0.2, -0.15) is 5.10 Å². The average Bonchev–Trinajstić information content (AvgIpc) is 3.19. The van der Waals surface area contributed by atoms with E-state index in [9.17, 15) is 0 Å². The van der Waals surface area contributed by atoms with E-state index in [2.05, 4.69) is 27.4 Å². The van der Waals surface area contributed by atoms with E-state index in [1.807, 2.05) is 5.51 Å². The maximum atomic E-state index is 6.15. The van der Waals surface area contributed by atoms with E-state index in [0.29, 0.717) is 18.5 Å². The largest absolute Gasteiger partial charge is 0.330 e. The number of H-pyrrole nitrogens is 1. The van der Waals surface area contributed by atoms with Gasteiger partial charge in [0.15, 0.2) is 0 Å². The van der Waals surface area contributed by atoms with Crippen LogP contribution >= 0.6 is 11.3 Å². The molecular weight excluding hydrogens is 344 g/mol. The van der Waals surface area contributed by atoms with Gasteiger partial charge >= 0.3 is 0 Å². The zero-order valence-corrected chi connectivity index (χ0v) is 16.6. The van der Waals surface area contributed by atoms with Crippen LogP contribution in [0.25, 0.3) is 0 Å². The third-order valence-corrected chi connectivity index (χ3v) is 6.41. The van der Waals surface area contributed by atoms with Crippen LogP contribution in [0, 0.1) is 12.8 Å². The second-order valence-corrected chi connectivity index (χ2v) is 8.39. The molecule has 2 unspecified atom stereocenters. The van der Waals surface area contributed by atoms with E-state index < -0.39 is 0 Å². The maximum absolute atomic E-state index is 6.15. The molecule has 0 amide bonds. The summed E-state index contributed by atoms with van der Waals surface area (Å²) >= 11 is 1.73. The van der Waals surface area contributed by atoms with Gasteiger partial charge in [0.2, 0.25) is 0 Å². The van der Waals surface area contributed by atoms with Gasteiger partial charge in [-0.05, 0) is 63.5 Å². The van der Waals surface area contributed by atoms with Crippen molar-refractivity contribution in [3.8, 4) is 0 Å². The van der Waals surface area contributed by atoms with Crippen molar-refractivity contribution in [3.05, 3.63) is 33.0 Å². The molecule has 1 aliphatic carbocycles. The molecule has 2 atom stereocenters. The Morgan fingerprint density at radius 3 is 2.96 bits per heavy atom. The predicted molar refractivity (Wildman–Crippen MR) is 107 cm³/mol. The molecule has 1 saturated carbocycles. The van der Waals surface area contributed by atoms with Crippen molar-refractivity contribution < 1.29 is 0 Å². The summed E-state index contributed by atoms with van der Waals surface area (Å²) in [5, 5.41) is 11.4. The molecule has 0 aliphatic heterocycles. The van der Waals surface area contributed by atoms with E-state index in [1.165, 1.54) is 41.1 Å². The fourth-order valence-corrected chi connectivity index (χ4v) is 4.75. The van der Waals surface area contributed by atoms with Crippen LogP contribution in [-0.2, 0) is 25.8 Å². The monoisotopic (exact) mass is 376 g/mol. The Morgan fingerprint density at radius 2 is 2.23 bits per heavy atom. The lowest BCUT2D eigenvalue weighted by atomic mass is 9.82. The number of hydrogen-bond donors (Lipinski definition) is 4. The molecule has 1 fully saturated rings. The smallest absolute Gasteiger partial charge is 0.0797 e. The number of aryl methyl sites for hydroxylation is 1. The summed E-state index contributed by atoms with van der Waals surface area (Å²) in [6, 6.07) is 0.363. The molecule has 0 aromatic carbocycles. The molecule has 7 heteroatoms. The molecule has 26 heavy (non-hydrogen) atoms. The highest BCUT2D eigenvalue weighted by molar-refractivity contribution is 7.09. The number of nitrogens with zero attached hydrogens (tertiary/aromatic N) is 2. The van der Waals surface area contributed by atoms with Gasteiger partial charge in [0.25, 0.3) is 0 Å². The Labute approximate surface area is 160 Å². The molecule has 144 valence electrons. The lowest BCUT2D eigenvalue weighted by Gasteiger charge is -2.26. The molecule has 6 nitrogen and oxygen atoms in total. The van der Waals surface area contributed by atoms with E-state index in [-0.39, 0.29) is 0 Å². The molecule has 0 radical (unpaired) electrons. The summed E-state index contributed by atoms with van der Waals surface area (Å²) < 4.78 is 0. The molecule has 6 N–H and O–H groups in total. The van der Waals surface area contributed by atoms with Crippen LogP contribution < -0.4 is 16.8 Å². The van der Waals surface area contributed by atoms with Gasteiger partial charge in [0.05, 0.1) is 22.6 Å². The fraction of sp³-hybridized carbons (Fsp3) is 0.684. The third-order valence-electron chi connectivity index (χ3n) is 5.41. The minimum Gasteiger partial charge on any atom is -0.330 e. The van der Waals surface area contributed by atoms with Crippen LogP contribution in [0.3, 0.4) is 0 Å². The van der Waals surface area contributed by atoms with Gasteiger partial charge in [-0.3, -0.25) is 5.10 Å². The van der Waals surface area contributed by atoms with Crippen molar-refractivity contribution in [2.24, 2.45) is 17.4 Å². The Morgan fingerprint density at radius 1 is 1.35 bits per heavy atom. The third kappa shape index (κ3) is 5.13. The van der Waals surface area contributed by atoms with Crippen molar-refractivity contribution >= 4 is 11.3 Å². The molecule has 2 aromatic rings. The molecule has 0 spiro atoms. The second kappa shape index (κ2) is 9.60. The Kier molecular flexibility index (Phi) is 7.19. The van der Waals surface area contributed by atoms with E-state index in [4.69, 9.17) is 11.5 Å². The van der Waals surface area contributed by atoms with Gasteiger partial charge < -0.3 is 16.8 Å². The summed E-state index contributed by atoms with van der Waals surface area (Å²) in [7, 11) is 0. The normalized spacial score (nSPS) is 20.6. The summed E-state index contributed by atoms with van der Waals surface area (Å²) in [6.45, 7) is 4.48. The first-order chi connectivity index (χ1) is 12.7. The minimum atomic E-state index is 0.363. The number of rotatable bonds is 9. The number of aromatic amines is 1. The predicted octanol–water partition coefficient (Wildman–Crippen LogP) is 2.07. The number of aromatic nitrogens is 3. The zero-order valence-electron chi connectivity index (χ0n) is 15.8. The molecule has 1 aliphatic rings. The van der Waals surface area contributed by atoms with Crippen molar-refractivity contribution in [2.45, 2.75) is 64.5 Å². The topological polar surface area (TPSA) is 106 Å². The quantitative estimate of drug-likeness (QED) is 0.501. The standard InChI is InChI=1S/C19H32N6S/c1-13-19(26-12-23-13)6-8-22-11-18-16(5-7-20)17(24-25-18)10-14-3-2-4-15(21)9-14/h12,14-15,22H,2-11,20-21H2,1H3,(H,24,25). The summed E-state index contributed by atoms with van der Waals surface area (Å²) in [4.78, 5) is 5.67. The van der Waals surface area contributed by atoms with Gasteiger partial charge in [0, 0.05) is 24.0 Å².